The van der Waals surface area contributed by atoms with Crippen molar-refractivity contribution in [2.45, 2.75) is 6.92 Å². The standard InChI is InChI=1S/C4H6ClNS/c1-4(7)6-3-2-5/h2-3H,1H3,(H,6,7)/b3-2+. The Hall–Kier alpha value is -0.0800. The van der Waals surface area contributed by atoms with E-state index in [9.17, 15) is 0 Å². The molecular formula is C4H6ClNS. The van der Waals surface area contributed by atoms with Crippen molar-refractivity contribution >= 4 is 28.8 Å². The van der Waals surface area contributed by atoms with Crippen LogP contribution < -0.4 is 5.32 Å². The third-order valence-corrected chi connectivity index (χ3v) is 0.593. The van der Waals surface area contributed by atoms with Crippen LogP contribution in [0.2, 0.25) is 0 Å². The average molecular weight is 136 g/mol. The van der Waals surface area contributed by atoms with Gasteiger partial charge in [-0.05, 0) is 6.92 Å². The molecule has 0 aromatic rings. The zero-order valence-corrected chi connectivity index (χ0v) is 5.51. The van der Waals surface area contributed by atoms with Crippen LogP contribution >= 0.6 is 23.8 Å². The van der Waals surface area contributed by atoms with Crippen molar-refractivity contribution in [2.24, 2.45) is 0 Å². The lowest BCUT2D eigenvalue weighted by Crippen LogP contribution is -2.08. The van der Waals surface area contributed by atoms with E-state index in [0.717, 1.165) is 4.99 Å². The molecule has 0 aromatic heterocycles. The molecular weight excluding hydrogens is 130 g/mol. The van der Waals surface area contributed by atoms with E-state index >= 15 is 0 Å². The maximum Gasteiger partial charge on any atom is 0.0761 e. The molecule has 0 atom stereocenters. The molecule has 0 amide bonds. The van der Waals surface area contributed by atoms with Crippen molar-refractivity contribution in [3.8, 4) is 0 Å². The van der Waals surface area contributed by atoms with Crippen molar-refractivity contribution in [2.75, 3.05) is 0 Å². The Morgan fingerprint density at radius 1 is 1.86 bits per heavy atom. The summed E-state index contributed by atoms with van der Waals surface area (Å²) in [6.07, 6.45) is 1.57. The lowest BCUT2D eigenvalue weighted by atomic mass is 10.7. The highest BCUT2D eigenvalue weighted by atomic mass is 35.5. The summed E-state index contributed by atoms with van der Waals surface area (Å²) in [4.78, 5) is 0.719. The fourth-order valence-corrected chi connectivity index (χ4v) is 0.280. The summed E-state index contributed by atoms with van der Waals surface area (Å²) in [7, 11) is 0. The van der Waals surface area contributed by atoms with Gasteiger partial charge in [-0.3, -0.25) is 0 Å². The molecule has 0 aliphatic heterocycles. The van der Waals surface area contributed by atoms with Crippen LogP contribution in [0, 0.1) is 0 Å². The van der Waals surface area contributed by atoms with E-state index in [4.69, 9.17) is 11.6 Å². The zero-order chi connectivity index (χ0) is 5.70. The van der Waals surface area contributed by atoms with E-state index < -0.39 is 0 Å². The number of thiocarbonyl (C=S) groups is 1. The summed E-state index contributed by atoms with van der Waals surface area (Å²) in [5.74, 6) is 0. The minimum Gasteiger partial charge on any atom is -0.356 e. The lowest BCUT2D eigenvalue weighted by molar-refractivity contribution is 1.30. The fraction of sp³-hybridized carbons (Fsp3) is 0.250. The van der Waals surface area contributed by atoms with Gasteiger partial charge in [0, 0.05) is 11.7 Å². The molecule has 1 nitrogen and oxygen atoms in total. The Kier molecular flexibility index (Phi) is 4.04. The maximum absolute atomic E-state index is 5.14. The Morgan fingerprint density at radius 3 is 2.57 bits per heavy atom. The fourth-order valence-electron chi connectivity index (χ4n) is 0.149. The summed E-state index contributed by atoms with van der Waals surface area (Å²) in [6, 6.07) is 0. The largest absolute Gasteiger partial charge is 0.356 e. The number of hydrogen-bond acceptors (Lipinski definition) is 1. The first kappa shape index (κ1) is 6.92. The molecule has 3 heteroatoms. The first-order valence-corrected chi connectivity index (χ1v) is 2.64. The molecule has 0 rings (SSSR count). The summed E-state index contributed by atoms with van der Waals surface area (Å²) in [5.41, 5.74) is 1.37. The average Bonchev–Trinajstić information content (AvgIpc) is 1.61. The van der Waals surface area contributed by atoms with Gasteiger partial charge in [-0.25, -0.2) is 0 Å². The lowest BCUT2D eigenvalue weighted by Gasteiger charge is -1.88. The van der Waals surface area contributed by atoms with Crippen LogP contribution in [0.15, 0.2) is 11.7 Å². The van der Waals surface area contributed by atoms with Crippen LogP contribution in [0.4, 0.5) is 0 Å². The second kappa shape index (κ2) is 4.09. The topological polar surface area (TPSA) is 12.0 Å². The number of nitrogens with one attached hydrogen (secondary N) is 1. The number of halogens is 1. The molecule has 1 N–H and O–H groups in total. The second-order valence-corrected chi connectivity index (χ2v) is 1.86. The molecule has 0 fully saturated rings. The van der Waals surface area contributed by atoms with Gasteiger partial charge in [0.15, 0.2) is 0 Å². The van der Waals surface area contributed by atoms with E-state index in [-0.39, 0.29) is 0 Å². The molecule has 0 saturated carbocycles. The van der Waals surface area contributed by atoms with E-state index in [1.165, 1.54) is 5.54 Å². The van der Waals surface area contributed by atoms with Crippen LogP contribution in [0.5, 0.6) is 0 Å². The Bertz CT molecular complexity index is 89.7. The summed E-state index contributed by atoms with van der Waals surface area (Å²) in [5, 5.41) is 2.71. The normalized spacial score (nSPS) is 9.43. The third kappa shape index (κ3) is 5.92. The van der Waals surface area contributed by atoms with Gasteiger partial charge in [-0.1, -0.05) is 23.8 Å². The quantitative estimate of drug-likeness (QED) is 0.549. The van der Waals surface area contributed by atoms with Crippen molar-refractivity contribution in [3.63, 3.8) is 0 Å². The zero-order valence-electron chi connectivity index (χ0n) is 3.94. The molecule has 0 heterocycles. The highest BCUT2D eigenvalue weighted by Crippen LogP contribution is 1.73. The highest BCUT2D eigenvalue weighted by Gasteiger charge is 1.72. The summed E-state index contributed by atoms with van der Waals surface area (Å²) >= 11 is 9.78. The number of rotatable bonds is 1. The maximum atomic E-state index is 5.14. The van der Waals surface area contributed by atoms with Crippen LogP contribution in [0.3, 0.4) is 0 Å². The monoisotopic (exact) mass is 135 g/mol. The van der Waals surface area contributed by atoms with Crippen LogP contribution in [-0.4, -0.2) is 4.99 Å². The molecule has 0 spiro atoms. The predicted octanol–water partition coefficient (Wildman–Crippen LogP) is 1.63. The highest BCUT2D eigenvalue weighted by molar-refractivity contribution is 7.80. The van der Waals surface area contributed by atoms with Gasteiger partial charge >= 0.3 is 0 Å². The smallest absolute Gasteiger partial charge is 0.0761 e. The third-order valence-electron chi connectivity index (χ3n) is 0.350. The van der Waals surface area contributed by atoms with Gasteiger partial charge in [0.2, 0.25) is 0 Å². The molecule has 40 valence electrons. The Balaban J connectivity index is 3.14. The van der Waals surface area contributed by atoms with Gasteiger partial charge in [-0.15, -0.1) is 0 Å². The van der Waals surface area contributed by atoms with E-state index in [2.05, 4.69) is 17.5 Å². The summed E-state index contributed by atoms with van der Waals surface area (Å²) in [6.45, 7) is 1.78. The van der Waals surface area contributed by atoms with Crippen molar-refractivity contribution in [1.29, 1.82) is 0 Å². The van der Waals surface area contributed by atoms with Crippen LogP contribution in [0.25, 0.3) is 0 Å². The van der Waals surface area contributed by atoms with Gasteiger partial charge in [-0.2, -0.15) is 0 Å². The van der Waals surface area contributed by atoms with Crippen LogP contribution in [0.1, 0.15) is 6.92 Å². The Labute approximate surface area is 53.4 Å². The van der Waals surface area contributed by atoms with Crippen molar-refractivity contribution < 1.29 is 0 Å². The molecule has 7 heavy (non-hydrogen) atoms. The van der Waals surface area contributed by atoms with Gasteiger partial charge in [0.05, 0.1) is 4.99 Å². The van der Waals surface area contributed by atoms with Crippen molar-refractivity contribution in [1.82, 2.24) is 5.32 Å². The van der Waals surface area contributed by atoms with E-state index in [1.54, 1.807) is 13.1 Å². The molecule has 0 unspecified atom stereocenters. The van der Waals surface area contributed by atoms with Crippen molar-refractivity contribution in [3.05, 3.63) is 11.7 Å². The molecule has 0 aromatic carbocycles. The molecule has 0 bridgehead atoms. The first-order chi connectivity index (χ1) is 3.27. The molecule has 0 aliphatic rings. The second-order valence-electron chi connectivity index (χ2n) is 0.993. The van der Waals surface area contributed by atoms with Gasteiger partial charge in [0.1, 0.15) is 0 Å². The van der Waals surface area contributed by atoms with Gasteiger partial charge in [0.25, 0.3) is 0 Å². The predicted molar refractivity (Wildman–Crippen MR) is 36.4 cm³/mol. The van der Waals surface area contributed by atoms with E-state index in [1.807, 2.05) is 0 Å². The summed E-state index contributed by atoms with van der Waals surface area (Å²) < 4.78 is 0. The van der Waals surface area contributed by atoms with Gasteiger partial charge < -0.3 is 5.32 Å². The van der Waals surface area contributed by atoms with Crippen LogP contribution in [-0.2, 0) is 0 Å². The first-order valence-electron chi connectivity index (χ1n) is 1.79. The molecule has 0 aliphatic carbocycles. The number of hydrogen-bond donors (Lipinski definition) is 1. The Morgan fingerprint density at radius 2 is 2.43 bits per heavy atom. The van der Waals surface area contributed by atoms with E-state index in [0.29, 0.717) is 0 Å². The minimum atomic E-state index is 0.719. The minimum absolute atomic E-state index is 0.719. The molecule has 0 radical (unpaired) electrons. The molecule has 0 saturated heterocycles. The SMILES string of the molecule is CC(=S)N/C=C/Cl.